The molecule has 1 N–H and O–H groups in total. The number of piperidine rings is 1. The molecule has 24 heavy (non-hydrogen) atoms. The summed E-state index contributed by atoms with van der Waals surface area (Å²) in [4.78, 5) is 12.7. The van der Waals surface area contributed by atoms with Gasteiger partial charge in [-0.25, -0.2) is 12.7 Å². The fourth-order valence-electron chi connectivity index (χ4n) is 3.12. The second-order valence-electron chi connectivity index (χ2n) is 6.23. The predicted molar refractivity (Wildman–Crippen MR) is 101 cm³/mol. The maximum atomic E-state index is 12.7. The fourth-order valence-corrected chi connectivity index (χ4v) is 4.55. The van der Waals surface area contributed by atoms with Gasteiger partial charge in [0.25, 0.3) is 0 Å². The van der Waals surface area contributed by atoms with Crippen LogP contribution < -0.4 is 5.32 Å². The second kappa shape index (κ2) is 7.97. The SMILES string of the molecule is CCc1cc(Br)cc(CC)c1NC(=O)C1CCN(S(C)(=O)=O)CC1. The predicted octanol–water partition coefficient (Wildman–Crippen LogP) is 3.18. The highest BCUT2D eigenvalue weighted by Crippen LogP contribution is 2.29. The molecule has 7 heteroatoms. The summed E-state index contributed by atoms with van der Waals surface area (Å²) in [6.07, 6.45) is 4.04. The van der Waals surface area contributed by atoms with Gasteiger partial charge in [0.05, 0.1) is 6.26 Å². The van der Waals surface area contributed by atoms with Crippen molar-refractivity contribution in [1.29, 1.82) is 0 Å². The third kappa shape index (κ3) is 4.58. The van der Waals surface area contributed by atoms with E-state index in [1.165, 1.54) is 10.6 Å². The molecule has 1 aliphatic heterocycles. The molecular formula is C17H25BrN2O3S. The van der Waals surface area contributed by atoms with Gasteiger partial charge in [0.1, 0.15) is 0 Å². The Hall–Kier alpha value is -0.920. The zero-order valence-corrected chi connectivity index (χ0v) is 16.8. The number of carbonyl (C=O) groups excluding carboxylic acids is 1. The molecular weight excluding hydrogens is 392 g/mol. The lowest BCUT2D eigenvalue weighted by molar-refractivity contribution is -0.120. The van der Waals surface area contributed by atoms with Crippen LogP contribution in [0.15, 0.2) is 16.6 Å². The van der Waals surface area contributed by atoms with Gasteiger partial charge in [-0.15, -0.1) is 0 Å². The molecule has 0 saturated carbocycles. The van der Waals surface area contributed by atoms with Gasteiger partial charge in [0.15, 0.2) is 0 Å². The Morgan fingerprint density at radius 1 is 1.21 bits per heavy atom. The molecule has 0 spiro atoms. The van der Waals surface area contributed by atoms with E-state index in [-0.39, 0.29) is 11.8 Å². The Balaban J connectivity index is 2.11. The Morgan fingerprint density at radius 3 is 2.12 bits per heavy atom. The van der Waals surface area contributed by atoms with Crippen molar-refractivity contribution in [2.45, 2.75) is 39.5 Å². The monoisotopic (exact) mass is 416 g/mol. The first-order valence-electron chi connectivity index (χ1n) is 8.33. The lowest BCUT2D eigenvalue weighted by Gasteiger charge is -2.29. The third-order valence-corrected chi connectivity index (χ3v) is 6.33. The average molecular weight is 417 g/mol. The minimum atomic E-state index is -3.16. The molecule has 0 atom stereocenters. The lowest BCUT2D eigenvalue weighted by atomic mass is 9.96. The summed E-state index contributed by atoms with van der Waals surface area (Å²) >= 11 is 3.52. The number of nitrogens with one attached hydrogen (secondary N) is 1. The van der Waals surface area contributed by atoms with Gasteiger partial charge in [-0.05, 0) is 48.9 Å². The Morgan fingerprint density at radius 2 is 1.71 bits per heavy atom. The number of rotatable bonds is 5. The number of anilines is 1. The molecule has 0 unspecified atom stereocenters. The average Bonchev–Trinajstić information content (AvgIpc) is 2.55. The van der Waals surface area contributed by atoms with Crippen molar-refractivity contribution in [2.24, 2.45) is 5.92 Å². The molecule has 0 bridgehead atoms. The maximum absolute atomic E-state index is 12.7. The Labute approximate surface area is 153 Å². The van der Waals surface area contributed by atoms with Crippen LogP contribution in [0.4, 0.5) is 5.69 Å². The number of amides is 1. The van der Waals surface area contributed by atoms with Gasteiger partial charge in [-0.1, -0.05) is 29.8 Å². The molecule has 1 heterocycles. The summed E-state index contributed by atoms with van der Waals surface area (Å²) in [5.74, 6) is -0.143. The number of sulfonamides is 1. The first kappa shape index (κ1) is 19.4. The first-order chi connectivity index (χ1) is 11.3. The van der Waals surface area contributed by atoms with Crippen molar-refractivity contribution in [3.8, 4) is 0 Å². The van der Waals surface area contributed by atoms with Crippen LogP contribution >= 0.6 is 15.9 Å². The summed E-state index contributed by atoms with van der Waals surface area (Å²) in [5.41, 5.74) is 3.14. The van der Waals surface area contributed by atoms with Crippen molar-refractivity contribution >= 4 is 37.5 Å². The molecule has 0 radical (unpaired) electrons. The normalized spacial score (nSPS) is 17.0. The standard InChI is InChI=1S/C17H25BrN2O3S/c1-4-12-10-15(18)11-13(5-2)16(12)19-17(21)14-6-8-20(9-7-14)24(3,22)23/h10-11,14H,4-9H2,1-3H3,(H,19,21). The maximum Gasteiger partial charge on any atom is 0.227 e. The van der Waals surface area contributed by atoms with Gasteiger partial charge < -0.3 is 5.32 Å². The first-order valence-corrected chi connectivity index (χ1v) is 11.0. The zero-order chi connectivity index (χ0) is 17.9. The highest BCUT2D eigenvalue weighted by atomic mass is 79.9. The third-order valence-electron chi connectivity index (χ3n) is 4.57. The van der Waals surface area contributed by atoms with Gasteiger partial charge in [-0.2, -0.15) is 0 Å². The molecule has 134 valence electrons. The van der Waals surface area contributed by atoms with Crippen LogP contribution in [-0.4, -0.2) is 38.0 Å². The highest BCUT2D eigenvalue weighted by Gasteiger charge is 2.29. The minimum absolute atomic E-state index is 0.00475. The number of nitrogens with zero attached hydrogens (tertiary/aromatic N) is 1. The van der Waals surface area contributed by atoms with E-state index < -0.39 is 10.0 Å². The van der Waals surface area contributed by atoms with E-state index in [2.05, 4.69) is 35.1 Å². The number of hydrogen-bond donors (Lipinski definition) is 1. The van der Waals surface area contributed by atoms with Gasteiger partial charge in [0, 0.05) is 29.2 Å². The molecule has 1 fully saturated rings. The van der Waals surface area contributed by atoms with E-state index in [1.807, 2.05) is 12.1 Å². The molecule has 5 nitrogen and oxygen atoms in total. The smallest absolute Gasteiger partial charge is 0.227 e. The molecule has 2 rings (SSSR count). The van der Waals surface area contributed by atoms with Crippen LogP contribution in [-0.2, 0) is 27.7 Å². The largest absolute Gasteiger partial charge is 0.325 e. The summed E-state index contributed by atoms with van der Waals surface area (Å²) in [6, 6.07) is 4.09. The van der Waals surface area contributed by atoms with Crippen molar-refractivity contribution in [1.82, 2.24) is 4.31 Å². The van der Waals surface area contributed by atoms with Crippen molar-refractivity contribution in [2.75, 3.05) is 24.7 Å². The molecule has 1 aromatic rings. The molecule has 1 saturated heterocycles. The fraction of sp³-hybridized carbons (Fsp3) is 0.588. The zero-order valence-electron chi connectivity index (χ0n) is 14.4. The lowest BCUT2D eigenvalue weighted by Crippen LogP contribution is -2.41. The van der Waals surface area contributed by atoms with Crippen LogP contribution in [0, 0.1) is 5.92 Å². The Kier molecular flexibility index (Phi) is 6.45. The van der Waals surface area contributed by atoms with Crippen molar-refractivity contribution in [3.05, 3.63) is 27.7 Å². The number of benzene rings is 1. The van der Waals surface area contributed by atoms with Crippen LogP contribution in [0.5, 0.6) is 0 Å². The van der Waals surface area contributed by atoms with Gasteiger partial charge in [0.2, 0.25) is 15.9 Å². The van der Waals surface area contributed by atoms with Crippen molar-refractivity contribution in [3.63, 3.8) is 0 Å². The minimum Gasteiger partial charge on any atom is -0.325 e. The van der Waals surface area contributed by atoms with Crippen molar-refractivity contribution < 1.29 is 13.2 Å². The number of hydrogen-bond acceptors (Lipinski definition) is 3. The molecule has 1 aliphatic rings. The van der Waals surface area contributed by atoms with E-state index in [4.69, 9.17) is 0 Å². The number of carbonyl (C=O) groups is 1. The van der Waals surface area contributed by atoms with E-state index in [0.29, 0.717) is 25.9 Å². The van der Waals surface area contributed by atoms with Crippen LogP contribution in [0.1, 0.15) is 37.8 Å². The van der Waals surface area contributed by atoms with E-state index in [1.54, 1.807) is 0 Å². The summed E-state index contributed by atoms with van der Waals surface area (Å²) in [6.45, 7) is 4.97. The second-order valence-corrected chi connectivity index (χ2v) is 9.13. The summed E-state index contributed by atoms with van der Waals surface area (Å²) in [5, 5.41) is 3.10. The topological polar surface area (TPSA) is 66.5 Å². The molecule has 0 aromatic heterocycles. The highest BCUT2D eigenvalue weighted by molar-refractivity contribution is 9.10. The van der Waals surface area contributed by atoms with Gasteiger partial charge in [-0.3, -0.25) is 4.79 Å². The Bertz CT molecular complexity index is 686. The van der Waals surface area contributed by atoms with Crippen LogP contribution in [0.2, 0.25) is 0 Å². The van der Waals surface area contributed by atoms with E-state index >= 15 is 0 Å². The van der Waals surface area contributed by atoms with Crippen LogP contribution in [0.3, 0.4) is 0 Å². The molecule has 0 aliphatic carbocycles. The summed E-state index contributed by atoms with van der Waals surface area (Å²) in [7, 11) is -3.16. The van der Waals surface area contributed by atoms with Crippen LogP contribution in [0.25, 0.3) is 0 Å². The van der Waals surface area contributed by atoms with E-state index in [0.717, 1.165) is 34.1 Å². The quantitative estimate of drug-likeness (QED) is 0.800. The number of halogens is 1. The van der Waals surface area contributed by atoms with E-state index in [9.17, 15) is 13.2 Å². The summed E-state index contributed by atoms with van der Waals surface area (Å²) < 4.78 is 25.6. The number of aryl methyl sites for hydroxylation is 2. The molecule has 1 aromatic carbocycles. The van der Waals surface area contributed by atoms with Gasteiger partial charge >= 0.3 is 0 Å². The molecule has 1 amide bonds.